The van der Waals surface area contributed by atoms with E-state index in [1.165, 1.54) is 38.5 Å². The molecule has 0 bridgehead atoms. The average Bonchev–Trinajstić information content (AvgIpc) is 2.89. The minimum atomic E-state index is 0.150. The molecule has 16 heavy (non-hydrogen) atoms. The van der Waals surface area contributed by atoms with Crippen molar-refractivity contribution in [2.45, 2.75) is 63.0 Å². The first-order chi connectivity index (χ1) is 7.79. The number of ether oxygens (including phenoxy) is 1. The highest BCUT2D eigenvalue weighted by Gasteiger charge is 2.28. The zero-order valence-electron chi connectivity index (χ0n) is 10.3. The lowest BCUT2D eigenvalue weighted by Crippen LogP contribution is -2.39. The van der Waals surface area contributed by atoms with Crippen molar-refractivity contribution < 1.29 is 4.74 Å². The van der Waals surface area contributed by atoms with Crippen LogP contribution >= 0.6 is 0 Å². The molecule has 1 atom stereocenters. The zero-order chi connectivity index (χ0) is 11.3. The lowest BCUT2D eigenvalue weighted by atomic mass is 9.95. The Bertz CT molecular complexity index is 196. The molecule has 3 heteroatoms. The van der Waals surface area contributed by atoms with Crippen molar-refractivity contribution in [1.82, 2.24) is 5.32 Å². The van der Waals surface area contributed by atoms with Crippen LogP contribution in [-0.4, -0.2) is 31.3 Å². The largest absolute Gasteiger partial charge is 0.378 e. The molecule has 1 aliphatic heterocycles. The molecule has 0 spiro atoms. The van der Waals surface area contributed by atoms with E-state index in [2.05, 4.69) is 5.32 Å². The van der Waals surface area contributed by atoms with Crippen LogP contribution in [-0.2, 0) is 4.74 Å². The van der Waals surface area contributed by atoms with Crippen molar-refractivity contribution in [2.75, 3.05) is 19.7 Å². The molecule has 3 nitrogen and oxygen atoms in total. The number of rotatable bonds is 6. The molecule has 1 saturated heterocycles. The van der Waals surface area contributed by atoms with Gasteiger partial charge in [0, 0.05) is 12.1 Å². The van der Waals surface area contributed by atoms with Crippen molar-refractivity contribution in [2.24, 2.45) is 5.73 Å². The summed E-state index contributed by atoms with van der Waals surface area (Å²) in [6.45, 7) is 3.13. The predicted molar refractivity (Wildman–Crippen MR) is 66.5 cm³/mol. The van der Waals surface area contributed by atoms with Crippen LogP contribution in [0.1, 0.15) is 51.4 Å². The van der Waals surface area contributed by atoms with Crippen LogP contribution in [0, 0.1) is 0 Å². The number of nitrogens with two attached hydrogens (primary N) is 1. The van der Waals surface area contributed by atoms with Gasteiger partial charge in [-0.2, -0.15) is 0 Å². The van der Waals surface area contributed by atoms with E-state index >= 15 is 0 Å². The Hall–Kier alpha value is -0.120. The van der Waals surface area contributed by atoms with Gasteiger partial charge in [-0.3, -0.25) is 0 Å². The summed E-state index contributed by atoms with van der Waals surface area (Å²) in [7, 11) is 0. The van der Waals surface area contributed by atoms with E-state index in [4.69, 9.17) is 10.5 Å². The predicted octanol–water partition coefficient (Wildman–Crippen LogP) is 1.81. The van der Waals surface area contributed by atoms with Crippen molar-refractivity contribution in [3.8, 4) is 0 Å². The van der Waals surface area contributed by atoms with E-state index in [0.717, 1.165) is 32.5 Å². The molecular formula is C13H26N2O. The van der Waals surface area contributed by atoms with Gasteiger partial charge in [-0.25, -0.2) is 0 Å². The average molecular weight is 226 g/mol. The van der Waals surface area contributed by atoms with E-state index in [1.807, 2.05) is 0 Å². The molecule has 0 radical (unpaired) electrons. The second kappa shape index (κ2) is 5.99. The maximum atomic E-state index is 6.30. The third-order valence-electron chi connectivity index (χ3n) is 4.07. The first-order valence-corrected chi connectivity index (χ1v) is 6.90. The van der Waals surface area contributed by atoms with Crippen molar-refractivity contribution >= 4 is 0 Å². The SMILES string of the molecule is NC1(CCNCCC2CCCO2)CCCC1. The van der Waals surface area contributed by atoms with Crippen LogP contribution in [0.2, 0.25) is 0 Å². The second-order valence-corrected chi connectivity index (χ2v) is 5.49. The smallest absolute Gasteiger partial charge is 0.0588 e. The fourth-order valence-corrected chi connectivity index (χ4v) is 2.93. The summed E-state index contributed by atoms with van der Waals surface area (Å²) in [5, 5.41) is 3.50. The van der Waals surface area contributed by atoms with Gasteiger partial charge in [-0.05, 0) is 51.6 Å². The topological polar surface area (TPSA) is 47.3 Å². The minimum Gasteiger partial charge on any atom is -0.378 e. The van der Waals surface area contributed by atoms with E-state index < -0.39 is 0 Å². The van der Waals surface area contributed by atoms with Gasteiger partial charge in [0.25, 0.3) is 0 Å². The Morgan fingerprint density at radius 3 is 2.69 bits per heavy atom. The van der Waals surface area contributed by atoms with Gasteiger partial charge in [-0.1, -0.05) is 12.8 Å². The third-order valence-corrected chi connectivity index (χ3v) is 4.07. The molecule has 1 saturated carbocycles. The quantitative estimate of drug-likeness (QED) is 0.679. The molecule has 1 unspecified atom stereocenters. The summed E-state index contributed by atoms with van der Waals surface area (Å²) in [6.07, 6.45) is 10.4. The Morgan fingerprint density at radius 1 is 1.19 bits per heavy atom. The van der Waals surface area contributed by atoms with Crippen LogP contribution in [0.15, 0.2) is 0 Å². The van der Waals surface area contributed by atoms with Crippen molar-refractivity contribution in [3.05, 3.63) is 0 Å². The number of nitrogens with one attached hydrogen (secondary N) is 1. The highest BCUT2D eigenvalue weighted by atomic mass is 16.5. The van der Waals surface area contributed by atoms with Gasteiger partial charge in [0.2, 0.25) is 0 Å². The van der Waals surface area contributed by atoms with Crippen LogP contribution < -0.4 is 11.1 Å². The number of hydrogen-bond acceptors (Lipinski definition) is 3. The zero-order valence-corrected chi connectivity index (χ0v) is 10.3. The monoisotopic (exact) mass is 226 g/mol. The lowest BCUT2D eigenvalue weighted by Gasteiger charge is -2.23. The molecule has 3 N–H and O–H groups in total. The van der Waals surface area contributed by atoms with E-state index in [1.54, 1.807) is 0 Å². The fraction of sp³-hybridized carbons (Fsp3) is 1.00. The van der Waals surface area contributed by atoms with Gasteiger partial charge in [-0.15, -0.1) is 0 Å². The number of hydrogen-bond donors (Lipinski definition) is 2. The Balaban J connectivity index is 1.48. The molecule has 2 rings (SSSR count). The first kappa shape index (κ1) is 12.3. The maximum Gasteiger partial charge on any atom is 0.0588 e. The molecule has 1 heterocycles. The summed E-state index contributed by atoms with van der Waals surface area (Å²) in [4.78, 5) is 0. The first-order valence-electron chi connectivity index (χ1n) is 6.90. The summed E-state index contributed by atoms with van der Waals surface area (Å²) in [5.41, 5.74) is 6.45. The normalized spacial score (nSPS) is 28.7. The second-order valence-electron chi connectivity index (χ2n) is 5.49. The van der Waals surface area contributed by atoms with Gasteiger partial charge in [0.1, 0.15) is 0 Å². The highest BCUT2D eigenvalue weighted by Crippen LogP contribution is 2.29. The molecule has 2 aliphatic rings. The molecule has 0 aromatic heterocycles. The van der Waals surface area contributed by atoms with Crippen LogP contribution in [0.3, 0.4) is 0 Å². The molecule has 0 amide bonds. The van der Waals surface area contributed by atoms with Crippen LogP contribution in [0.25, 0.3) is 0 Å². The molecule has 94 valence electrons. The van der Waals surface area contributed by atoms with Crippen molar-refractivity contribution in [1.29, 1.82) is 0 Å². The van der Waals surface area contributed by atoms with E-state index in [-0.39, 0.29) is 5.54 Å². The standard InChI is InChI=1S/C13H26N2O/c14-13(6-1-2-7-13)8-10-15-9-5-12-4-3-11-16-12/h12,15H,1-11,14H2. The summed E-state index contributed by atoms with van der Waals surface area (Å²) >= 11 is 0. The summed E-state index contributed by atoms with van der Waals surface area (Å²) in [5.74, 6) is 0. The van der Waals surface area contributed by atoms with Crippen LogP contribution in [0.5, 0.6) is 0 Å². The molecule has 0 aromatic rings. The van der Waals surface area contributed by atoms with Crippen molar-refractivity contribution in [3.63, 3.8) is 0 Å². The van der Waals surface area contributed by atoms with Crippen LogP contribution in [0.4, 0.5) is 0 Å². The fourth-order valence-electron chi connectivity index (χ4n) is 2.93. The summed E-state index contributed by atoms with van der Waals surface area (Å²) in [6, 6.07) is 0. The van der Waals surface area contributed by atoms with E-state index in [9.17, 15) is 0 Å². The van der Waals surface area contributed by atoms with Gasteiger partial charge >= 0.3 is 0 Å². The third kappa shape index (κ3) is 3.72. The highest BCUT2D eigenvalue weighted by molar-refractivity contribution is 4.89. The van der Waals surface area contributed by atoms with Gasteiger partial charge < -0.3 is 15.8 Å². The molecule has 2 fully saturated rings. The van der Waals surface area contributed by atoms with Gasteiger partial charge in [0.05, 0.1) is 6.10 Å². The Kier molecular flexibility index (Phi) is 4.62. The van der Waals surface area contributed by atoms with E-state index in [0.29, 0.717) is 6.10 Å². The minimum absolute atomic E-state index is 0.150. The molecule has 0 aromatic carbocycles. The lowest BCUT2D eigenvalue weighted by molar-refractivity contribution is 0.104. The molecular weight excluding hydrogens is 200 g/mol. The Morgan fingerprint density at radius 2 is 2.00 bits per heavy atom. The Labute approximate surface area is 99.1 Å². The summed E-state index contributed by atoms with van der Waals surface area (Å²) < 4.78 is 5.59. The molecule has 1 aliphatic carbocycles. The maximum absolute atomic E-state index is 6.30. The van der Waals surface area contributed by atoms with Gasteiger partial charge in [0.15, 0.2) is 0 Å².